The number of halogens is 1. The topological polar surface area (TPSA) is 88.9 Å². The summed E-state index contributed by atoms with van der Waals surface area (Å²) in [5.41, 5.74) is 1.72. The first-order chi connectivity index (χ1) is 11.8. The predicted octanol–water partition coefficient (Wildman–Crippen LogP) is 2.60. The minimum atomic E-state index is -0.753. The van der Waals surface area contributed by atoms with Gasteiger partial charge in [-0.3, -0.25) is 9.59 Å². The minimum absolute atomic E-state index is 0.0144. The third-order valence-electron chi connectivity index (χ3n) is 3.24. The van der Waals surface area contributed by atoms with Crippen LogP contribution < -0.4 is 5.32 Å². The molecule has 2 amide bonds. The number of hydrogen-bond acceptors (Lipinski definition) is 5. The number of hydrogen-bond donors (Lipinski definition) is 1. The number of carbonyl (C=O) groups is 3. The number of likely N-dealkylation sites (N-methyl/N-ethyl adjacent to an activating group) is 1. The van der Waals surface area contributed by atoms with Gasteiger partial charge in [-0.2, -0.15) is 0 Å². The fourth-order valence-corrected chi connectivity index (χ4v) is 2.18. The number of furan rings is 1. The molecule has 2 rings (SSSR count). The molecule has 1 aromatic heterocycles. The second-order valence-corrected chi connectivity index (χ2v) is 6.13. The molecule has 0 saturated carbocycles. The number of ether oxygens (including phenoxy) is 1. The van der Waals surface area contributed by atoms with Crippen LogP contribution in [0.5, 0.6) is 0 Å². The van der Waals surface area contributed by atoms with Gasteiger partial charge in [-0.1, -0.05) is 17.7 Å². The van der Waals surface area contributed by atoms with E-state index in [-0.39, 0.29) is 18.2 Å². The lowest BCUT2D eigenvalue weighted by Gasteiger charge is -2.16. The van der Waals surface area contributed by atoms with E-state index in [0.29, 0.717) is 10.4 Å². The molecule has 0 bridgehead atoms. The van der Waals surface area contributed by atoms with Crippen LogP contribution in [-0.2, 0) is 14.3 Å². The van der Waals surface area contributed by atoms with E-state index < -0.39 is 18.5 Å². The van der Waals surface area contributed by atoms with Gasteiger partial charge >= 0.3 is 5.97 Å². The first-order valence-corrected chi connectivity index (χ1v) is 8.17. The standard InChI is InChI=1S/C17H17BrN2O5/c1-11-3-5-12(6-4-11)19-15(21)9-20(2)16(22)10-24-17(23)13-7-8-14(18)25-13/h3-8H,9-10H2,1-2H3,(H,19,21). The molecule has 8 heteroatoms. The van der Waals surface area contributed by atoms with Crippen LogP contribution in [0, 0.1) is 6.92 Å². The Morgan fingerprint density at radius 3 is 2.44 bits per heavy atom. The summed E-state index contributed by atoms with van der Waals surface area (Å²) in [6, 6.07) is 10.3. The van der Waals surface area contributed by atoms with Crippen molar-refractivity contribution in [2.24, 2.45) is 0 Å². The number of carbonyl (C=O) groups excluding carboxylic acids is 3. The van der Waals surface area contributed by atoms with Crippen LogP contribution in [0.2, 0.25) is 0 Å². The molecule has 0 fully saturated rings. The summed E-state index contributed by atoms with van der Waals surface area (Å²) in [6.45, 7) is 1.31. The van der Waals surface area contributed by atoms with E-state index in [1.165, 1.54) is 18.0 Å². The van der Waals surface area contributed by atoms with Crippen molar-refractivity contribution in [3.63, 3.8) is 0 Å². The van der Waals surface area contributed by atoms with Crippen molar-refractivity contribution in [1.29, 1.82) is 0 Å². The predicted molar refractivity (Wildman–Crippen MR) is 94.1 cm³/mol. The second-order valence-electron chi connectivity index (χ2n) is 5.34. The summed E-state index contributed by atoms with van der Waals surface area (Å²) in [5.74, 6) is -1.62. The highest BCUT2D eigenvalue weighted by Gasteiger charge is 2.17. The summed E-state index contributed by atoms with van der Waals surface area (Å²) in [6.07, 6.45) is 0. The fraction of sp³-hybridized carbons (Fsp3) is 0.235. The Morgan fingerprint density at radius 2 is 1.84 bits per heavy atom. The number of anilines is 1. The maximum atomic E-state index is 11.9. The van der Waals surface area contributed by atoms with Crippen LogP contribution in [0.1, 0.15) is 16.1 Å². The van der Waals surface area contributed by atoms with E-state index in [4.69, 9.17) is 9.15 Å². The summed E-state index contributed by atoms with van der Waals surface area (Å²) in [7, 11) is 1.45. The van der Waals surface area contributed by atoms with Crippen molar-refractivity contribution in [3.05, 3.63) is 52.4 Å². The largest absolute Gasteiger partial charge is 0.450 e. The third kappa shape index (κ3) is 5.75. The molecule has 0 aliphatic carbocycles. The molecule has 0 saturated heterocycles. The van der Waals surface area contributed by atoms with Crippen LogP contribution >= 0.6 is 15.9 Å². The van der Waals surface area contributed by atoms with E-state index in [2.05, 4.69) is 21.2 Å². The lowest BCUT2D eigenvalue weighted by atomic mass is 10.2. The summed E-state index contributed by atoms with van der Waals surface area (Å²) in [4.78, 5) is 36.8. The van der Waals surface area contributed by atoms with Gasteiger partial charge in [0.25, 0.3) is 5.91 Å². The number of rotatable bonds is 6. The number of aryl methyl sites for hydroxylation is 1. The van der Waals surface area contributed by atoms with Crippen molar-refractivity contribution in [3.8, 4) is 0 Å². The van der Waals surface area contributed by atoms with Gasteiger partial charge in [0.15, 0.2) is 11.3 Å². The highest BCUT2D eigenvalue weighted by molar-refractivity contribution is 9.10. The molecule has 1 aromatic carbocycles. The number of amides is 2. The first kappa shape index (κ1) is 18.7. The van der Waals surface area contributed by atoms with E-state index in [1.54, 1.807) is 18.2 Å². The Labute approximate surface area is 153 Å². The lowest BCUT2D eigenvalue weighted by Crippen LogP contribution is -2.37. The minimum Gasteiger partial charge on any atom is -0.450 e. The van der Waals surface area contributed by atoms with Gasteiger partial charge in [-0.15, -0.1) is 0 Å². The Kier molecular flexibility index (Phi) is 6.35. The highest BCUT2D eigenvalue weighted by atomic mass is 79.9. The SMILES string of the molecule is Cc1ccc(NC(=O)CN(C)C(=O)COC(=O)c2ccc(Br)o2)cc1. The molecule has 7 nitrogen and oxygen atoms in total. The molecule has 2 aromatic rings. The molecule has 0 unspecified atom stereocenters. The number of nitrogens with one attached hydrogen (secondary N) is 1. The first-order valence-electron chi connectivity index (χ1n) is 7.38. The summed E-state index contributed by atoms with van der Waals surface area (Å²) >= 11 is 3.07. The smallest absolute Gasteiger partial charge is 0.374 e. The van der Waals surface area contributed by atoms with Crippen LogP contribution in [0.25, 0.3) is 0 Å². The van der Waals surface area contributed by atoms with Crippen molar-refractivity contribution in [1.82, 2.24) is 4.90 Å². The molecule has 0 aliphatic heterocycles. The number of nitrogens with zero attached hydrogens (tertiary/aromatic N) is 1. The molecule has 25 heavy (non-hydrogen) atoms. The number of esters is 1. The van der Waals surface area contributed by atoms with Crippen molar-refractivity contribution in [2.75, 3.05) is 25.5 Å². The van der Waals surface area contributed by atoms with Crippen molar-refractivity contribution < 1.29 is 23.5 Å². The Balaban J connectivity index is 1.78. The monoisotopic (exact) mass is 408 g/mol. The Hall–Kier alpha value is -2.61. The maximum Gasteiger partial charge on any atom is 0.374 e. The Bertz CT molecular complexity index is 770. The molecule has 0 atom stereocenters. The number of benzene rings is 1. The molecular formula is C17H17BrN2O5. The summed E-state index contributed by atoms with van der Waals surface area (Å²) in [5, 5.41) is 2.69. The molecule has 132 valence electrons. The molecule has 0 aliphatic rings. The average Bonchev–Trinajstić information content (AvgIpc) is 3.00. The van der Waals surface area contributed by atoms with E-state index in [0.717, 1.165) is 5.56 Å². The van der Waals surface area contributed by atoms with Gasteiger partial charge in [0.2, 0.25) is 11.7 Å². The van der Waals surface area contributed by atoms with Crippen molar-refractivity contribution >= 4 is 39.4 Å². The molecular weight excluding hydrogens is 392 g/mol. The van der Waals surface area contributed by atoms with Gasteiger partial charge < -0.3 is 19.4 Å². The normalized spacial score (nSPS) is 10.2. The lowest BCUT2D eigenvalue weighted by molar-refractivity contribution is -0.136. The average molecular weight is 409 g/mol. The Morgan fingerprint density at radius 1 is 1.16 bits per heavy atom. The third-order valence-corrected chi connectivity index (χ3v) is 3.67. The van der Waals surface area contributed by atoms with Gasteiger partial charge in [0, 0.05) is 12.7 Å². The van der Waals surface area contributed by atoms with Gasteiger partial charge in [0.1, 0.15) is 0 Å². The second kappa shape index (κ2) is 8.48. The molecule has 1 N–H and O–H groups in total. The van der Waals surface area contributed by atoms with Crippen LogP contribution in [0.3, 0.4) is 0 Å². The van der Waals surface area contributed by atoms with E-state index >= 15 is 0 Å². The maximum absolute atomic E-state index is 11.9. The molecule has 1 heterocycles. The molecule has 0 radical (unpaired) electrons. The van der Waals surface area contributed by atoms with Gasteiger partial charge in [-0.25, -0.2) is 4.79 Å². The quantitative estimate of drug-likeness (QED) is 0.741. The van der Waals surface area contributed by atoms with Crippen LogP contribution in [-0.4, -0.2) is 42.9 Å². The molecule has 0 spiro atoms. The summed E-state index contributed by atoms with van der Waals surface area (Å²) < 4.78 is 10.3. The van der Waals surface area contributed by atoms with Gasteiger partial charge in [0.05, 0.1) is 6.54 Å². The zero-order valence-corrected chi connectivity index (χ0v) is 15.3. The zero-order chi connectivity index (χ0) is 18.4. The van der Waals surface area contributed by atoms with Crippen LogP contribution in [0.15, 0.2) is 45.5 Å². The van der Waals surface area contributed by atoms with Crippen LogP contribution in [0.4, 0.5) is 5.69 Å². The van der Waals surface area contributed by atoms with Gasteiger partial charge in [-0.05, 0) is 47.1 Å². The van der Waals surface area contributed by atoms with E-state index in [9.17, 15) is 14.4 Å². The van der Waals surface area contributed by atoms with E-state index in [1.807, 2.05) is 19.1 Å². The van der Waals surface area contributed by atoms with Crippen molar-refractivity contribution in [2.45, 2.75) is 6.92 Å². The highest BCUT2D eigenvalue weighted by Crippen LogP contribution is 2.14. The fourth-order valence-electron chi connectivity index (χ4n) is 1.87. The zero-order valence-electron chi connectivity index (χ0n) is 13.7.